The second-order valence-corrected chi connectivity index (χ2v) is 9.01. The summed E-state index contributed by atoms with van der Waals surface area (Å²) in [6.07, 6.45) is 2.53. The molecule has 0 saturated carbocycles. The third kappa shape index (κ3) is 3.63. The highest BCUT2D eigenvalue weighted by Crippen LogP contribution is 2.32. The van der Waals surface area contributed by atoms with Crippen molar-refractivity contribution >= 4 is 43.0 Å². The van der Waals surface area contributed by atoms with Gasteiger partial charge in [0, 0.05) is 40.7 Å². The van der Waals surface area contributed by atoms with Crippen molar-refractivity contribution in [2.45, 2.75) is 17.7 Å². The molecule has 1 aliphatic heterocycles. The monoisotopic (exact) mass is 438 g/mol. The Hall–Kier alpha value is -2.26. The molecule has 0 aromatic heterocycles. The molecule has 0 spiro atoms. The van der Waals surface area contributed by atoms with Crippen molar-refractivity contribution in [1.29, 1.82) is 0 Å². The van der Waals surface area contributed by atoms with E-state index < -0.39 is 26.4 Å². The van der Waals surface area contributed by atoms with Crippen LogP contribution in [0, 0.1) is 10.1 Å². The number of anilines is 1. The van der Waals surface area contributed by atoms with Crippen LogP contribution in [0.3, 0.4) is 0 Å². The maximum absolute atomic E-state index is 13.0. The number of nitro groups is 1. The van der Waals surface area contributed by atoms with E-state index in [1.165, 1.54) is 11.0 Å². The van der Waals surface area contributed by atoms with Crippen LogP contribution in [-0.2, 0) is 16.3 Å². The normalized spacial score (nSPS) is 14.0. The smallest absolute Gasteiger partial charge is 0.271 e. The van der Waals surface area contributed by atoms with Crippen LogP contribution < -0.4 is 4.90 Å². The number of hydrogen-bond acceptors (Lipinski definition) is 5. The standard InChI is InChI=1S/C17H15BrN2O5S/c1-26(24,25)15-9-12(8-14(10-15)20(22)23)17(21)19-6-2-3-11-7-13(18)4-5-16(11)19/h4-5,7-10H,2-3,6H2,1H3. The summed E-state index contributed by atoms with van der Waals surface area (Å²) in [6, 6.07) is 8.84. The molecule has 0 aliphatic carbocycles. The van der Waals surface area contributed by atoms with Crippen molar-refractivity contribution in [3.63, 3.8) is 0 Å². The van der Waals surface area contributed by atoms with Gasteiger partial charge in [-0.15, -0.1) is 0 Å². The van der Waals surface area contributed by atoms with Crippen LogP contribution >= 0.6 is 15.9 Å². The molecule has 0 unspecified atom stereocenters. The third-order valence-corrected chi connectivity index (χ3v) is 5.77. The summed E-state index contributed by atoms with van der Waals surface area (Å²) < 4.78 is 24.6. The Kier molecular flexibility index (Phi) is 4.85. The zero-order chi connectivity index (χ0) is 19.1. The highest BCUT2D eigenvalue weighted by molar-refractivity contribution is 9.10. The van der Waals surface area contributed by atoms with E-state index >= 15 is 0 Å². The van der Waals surface area contributed by atoms with Crippen LogP contribution in [0.1, 0.15) is 22.3 Å². The van der Waals surface area contributed by atoms with Gasteiger partial charge in [-0.1, -0.05) is 15.9 Å². The van der Waals surface area contributed by atoms with Gasteiger partial charge in [-0.05, 0) is 42.7 Å². The molecule has 2 aromatic rings. The molecule has 0 fully saturated rings. The molecular formula is C17H15BrN2O5S. The summed E-state index contributed by atoms with van der Waals surface area (Å²) in [7, 11) is -3.69. The number of nitrogens with zero attached hydrogens (tertiary/aromatic N) is 2. The van der Waals surface area contributed by atoms with E-state index in [2.05, 4.69) is 15.9 Å². The molecule has 0 atom stereocenters. The Labute approximate surface area is 158 Å². The molecular weight excluding hydrogens is 424 g/mol. The number of sulfone groups is 1. The molecule has 26 heavy (non-hydrogen) atoms. The van der Waals surface area contributed by atoms with Gasteiger partial charge in [0.25, 0.3) is 11.6 Å². The zero-order valence-corrected chi connectivity index (χ0v) is 16.2. The third-order valence-electron chi connectivity index (χ3n) is 4.18. The first-order valence-electron chi connectivity index (χ1n) is 7.76. The average molecular weight is 439 g/mol. The van der Waals surface area contributed by atoms with Gasteiger partial charge in [0.2, 0.25) is 0 Å². The van der Waals surface area contributed by atoms with Crippen molar-refractivity contribution < 1.29 is 18.1 Å². The van der Waals surface area contributed by atoms with E-state index in [0.717, 1.165) is 47.0 Å². The molecule has 2 aromatic carbocycles. The lowest BCUT2D eigenvalue weighted by molar-refractivity contribution is -0.385. The molecule has 1 heterocycles. The number of carbonyl (C=O) groups is 1. The van der Waals surface area contributed by atoms with Crippen LogP contribution in [0.2, 0.25) is 0 Å². The fourth-order valence-electron chi connectivity index (χ4n) is 2.96. The first-order valence-corrected chi connectivity index (χ1v) is 10.4. The van der Waals surface area contributed by atoms with E-state index in [-0.39, 0.29) is 10.5 Å². The minimum Gasteiger partial charge on any atom is -0.308 e. The second-order valence-electron chi connectivity index (χ2n) is 6.08. The molecule has 7 nitrogen and oxygen atoms in total. The summed E-state index contributed by atoms with van der Waals surface area (Å²) in [5.41, 5.74) is 1.28. The molecule has 1 amide bonds. The summed E-state index contributed by atoms with van der Waals surface area (Å²) in [4.78, 5) is 24.7. The van der Waals surface area contributed by atoms with Gasteiger partial charge in [0.15, 0.2) is 9.84 Å². The number of aryl methyl sites for hydroxylation is 1. The van der Waals surface area contributed by atoms with Gasteiger partial charge < -0.3 is 4.90 Å². The van der Waals surface area contributed by atoms with E-state index in [0.29, 0.717) is 6.54 Å². The van der Waals surface area contributed by atoms with E-state index in [9.17, 15) is 23.3 Å². The lowest BCUT2D eigenvalue weighted by atomic mass is 10.0. The zero-order valence-electron chi connectivity index (χ0n) is 13.8. The van der Waals surface area contributed by atoms with E-state index in [1.54, 1.807) is 0 Å². The molecule has 1 aliphatic rings. The van der Waals surface area contributed by atoms with Crippen molar-refractivity contribution in [1.82, 2.24) is 0 Å². The number of amides is 1. The molecule has 9 heteroatoms. The summed E-state index contributed by atoms with van der Waals surface area (Å²) in [5.74, 6) is -0.457. The summed E-state index contributed by atoms with van der Waals surface area (Å²) >= 11 is 3.40. The predicted octanol–water partition coefficient (Wildman–Crippen LogP) is 3.35. The number of hydrogen-bond donors (Lipinski definition) is 0. The highest BCUT2D eigenvalue weighted by Gasteiger charge is 2.26. The number of fused-ring (bicyclic) bond motifs is 1. The molecule has 3 rings (SSSR count). The predicted molar refractivity (Wildman–Crippen MR) is 100 cm³/mol. The van der Waals surface area contributed by atoms with Gasteiger partial charge in [-0.2, -0.15) is 0 Å². The van der Waals surface area contributed by atoms with Crippen molar-refractivity contribution in [3.05, 3.63) is 62.1 Å². The number of nitro benzene ring substituents is 1. The first kappa shape index (κ1) is 18.5. The quantitative estimate of drug-likeness (QED) is 0.540. The van der Waals surface area contributed by atoms with Crippen LogP contribution in [0.4, 0.5) is 11.4 Å². The molecule has 0 N–H and O–H groups in total. The Morgan fingerprint density at radius 3 is 2.62 bits per heavy atom. The number of halogens is 1. The van der Waals surface area contributed by atoms with Gasteiger partial charge in [-0.25, -0.2) is 8.42 Å². The highest BCUT2D eigenvalue weighted by atomic mass is 79.9. The van der Waals surface area contributed by atoms with E-state index in [1.807, 2.05) is 18.2 Å². The lowest BCUT2D eigenvalue weighted by Crippen LogP contribution is -2.35. The Morgan fingerprint density at radius 2 is 1.96 bits per heavy atom. The van der Waals surface area contributed by atoms with Crippen molar-refractivity contribution in [2.75, 3.05) is 17.7 Å². The SMILES string of the molecule is CS(=O)(=O)c1cc(C(=O)N2CCCc3cc(Br)ccc32)cc([N+](=O)[O-])c1. The topological polar surface area (TPSA) is 97.6 Å². The van der Waals surface area contributed by atoms with Crippen LogP contribution in [0.25, 0.3) is 0 Å². The fraction of sp³-hybridized carbons (Fsp3) is 0.235. The number of benzene rings is 2. The number of non-ortho nitro benzene ring substituents is 1. The minimum absolute atomic E-state index is 0.0182. The second kappa shape index (κ2) is 6.81. The maximum Gasteiger partial charge on any atom is 0.271 e. The average Bonchev–Trinajstić information content (AvgIpc) is 2.59. The first-order chi connectivity index (χ1) is 12.2. The van der Waals surface area contributed by atoms with Crippen molar-refractivity contribution in [3.8, 4) is 0 Å². The van der Waals surface area contributed by atoms with E-state index in [4.69, 9.17) is 0 Å². The molecule has 136 valence electrons. The fourth-order valence-corrected chi connectivity index (χ4v) is 4.04. The Bertz CT molecular complexity index is 1020. The molecule has 0 bridgehead atoms. The van der Waals surface area contributed by atoms with Crippen molar-refractivity contribution in [2.24, 2.45) is 0 Å². The lowest BCUT2D eigenvalue weighted by Gasteiger charge is -2.29. The van der Waals surface area contributed by atoms with Crippen LogP contribution in [0.5, 0.6) is 0 Å². The van der Waals surface area contributed by atoms with Gasteiger partial charge in [-0.3, -0.25) is 14.9 Å². The Morgan fingerprint density at radius 1 is 1.23 bits per heavy atom. The van der Waals surface area contributed by atoms with Gasteiger partial charge >= 0.3 is 0 Å². The minimum atomic E-state index is -3.69. The maximum atomic E-state index is 13.0. The van der Waals surface area contributed by atoms with Gasteiger partial charge in [0.05, 0.1) is 9.82 Å². The van der Waals surface area contributed by atoms with Gasteiger partial charge in [0.1, 0.15) is 0 Å². The summed E-state index contributed by atoms with van der Waals surface area (Å²) in [5, 5.41) is 11.1. The largest absolute Gasteiger partial charge is 0.308 e. The number of carbonyl (C=O) groups excluding carboxylic acids is 1. The summed E-state index contributed by atoms with van der Waals surface area (Å²) in [6.45, 7) is 0.463. The number of rotatable bonds is 3. The van der Waals surface area contributed by atoms with Crippen LogP contribution in [0.15, 0.2) is 45.8 Å². The molecule has 0 saturated heterocycles. The Balaban J connectivity index is 2.09. The molecule has 0 radical (unpaired) electrons. The van der Waals surface area contributed by atoms with Crippen LogP contribution in [-0.4, -0.2) is 32.0 Å².